The molecular formula is C8H8BrClO3S. The Morgan fingerprint density at radius 3 is 2.50 bits per heavy atom. The van der Waals surface area contributed by atoms with Gasteiger partial charge in [0.2, 0.25) is 0 Å². The second kappa shape index (κ2) is 4.61. The van der Waals surface area contributed by atoms with Crippen LogP contribution in [0.3, 0.4) is 0 Å². The van der Waals surface area contributed by atoms with Crippen LogP contribution in [0, 0.1) is 0 Å². The summed E-state index contributed by atoms with van der Waals surface area (Å²) < 4.78 is 23.6. The Kier molecular flexibility index (Phi) is 3.94. The monoisotopic (exact) mass is 298 g/mol. The largest absolute Gasteiger partial charge is 0.395 e. The van der Waals surface area contributed by atoms with Crippen LogP contribution in [0.15, 0.2) is 27.6 Å². The highest BCUT2D eigenvalue weighted by atomic mass is 79.9. The zero-order chi connectivity index (χ0) is 10.8. The molecule has 0 bridgehead atoms. The molecule has 6 heteroatoms. The molecule has 0 spiro atoms. The van der Waals surface area contributed by atoms with Gasteiger partial charge in [0, 0.05) is 9.50 Å². The molecule has 1 aromatic carbocycles. The van der Waals surface area contributed by atoms with Gasteiger partial charge in [-0.3, -0.25) is 0 Å². The maximum absolute atomic E-state index is 11.5. The Balaban J connectivity index is 3.19. The summed E-state index contributed by atoms with van der Waals surface area (Å²) in [6, 6.07) is 4.41. The maximum atomic E-state index is 11.5. The van der Waals surface area contributed by atoms with E-state index in [1.54, 1.807) is 6.07 Å². The van der Waals surface area contributed by atoms with E-state index < -0.39 is 16.4 Å². The van der Waals surface area contributed by atoms with Gasteiger partial charge in [0.15, 0.2) is 9.84 Å². The molecule has 0 heterocycles. The van der Waals surface area contributed by atoms with Crippen molar-refractivity contribution in [3.8, 4) is 0 Å². The SMILES string of the molecule is O=S(=O)(CCO)c1cc(Cl)cc(Br)c1. The molecule has 1 rings (SSSR count). The third kappa shape index (κ3) is 2.95. The van der Waals surface area contributed by atoms with Crippen molar-refractivity contribution in [2.24, 2.45) is 0 Å². The van der Waals surface area contributed by atoms with E-state index in [2.05, 4.69) is 15.9 Å². The Bertz CT molecular complexity index is 410. The topological polar surface area (TPSA) is 54.4 Å². The standard InChI is InChI=1S/C8H8BrClO3S/c9-6-3-7(10)5-8(4-6)14(12,13)2-1-11/h3-5,11H,1-2H2. The van der Waals surface area contributed by atoms with Gasteiger partial charge in [-0.1, -0.05) is 27.5 Å². The highest BCUT2D eigenvalue weighted by molar-refractivity contribution is 9.10. The lowest BCUT2D eigenvalue weighted by Gasteiger charge is -2.03. The minimum atomic E-state index is -3.42. The van der Waals surface area contributed by atoms with Gasteiger partial charge >= 0.3 is 0 Å². The molecule has 3 nitrogen and oxygen atoms in total. The second-order valence-corrected chi connectivity index (χ2v) is 6.11. The lowest BCUT2D eigenvalue weighted by molar-refractivity contribution is 0.319. The van der Waals surface area contributed by atoms with Crippen LogP contribution < -0.4 is 0 Å². The molecule has 0 unspecified atom stereocenters. The van der Waals surface area contributed by atoms with E-state index in [1.807, 2.05) is 0 Å². The second-order valence-electron chi connectivity index (χ2n) is 2.65. The molecular weight excluding hydrogens is 292 g/mol. The fraction of sp³-hybridized carbons (Fsp3) is 0.250. The van der Waals surface area contributed by atoms with Crippen molar-refractivity contribution in [1.29, 1.82) is 0 Å². The number of hydrogen-bond acceptors (Lipinski definition) is 3. The fourth-order valence-corrected chi connectivity index (χ4v) is 3.11. The molecule has 0 amide bonds. The summed E-state index contributed by atoms with van der Waals surface area (Å²) in [6.07, 6.45) is 0. The van der Waals surface area contributed by atoms with Crippen LogP contribution in [-0.2, 0) is 9.84 Å². The van der Waals surface area contributed by atoms with Gasteiger partial charge in [-0.05, 0) is 18.2 Å². The third-order valence-electron chi connectivity index (χ3n) is 1.56. The van der Waals surface area contributed by atoms with E-state index in [1.165, 1.54) is 12.1 Å². The Labute approximate surface area is 95.8 Å². The molecule has 0 aliphatic rings. The predicted octanol–water partition coefficient (Wildman–Crippen LogP) is 1.87. The molecule has 0 aromatic heterocycles. The van der Waals surface area contributed by atoms with Crippen LogP contribution in [0.1, 0.15) is 0 Å². The number of aliphatic hydroxyl groups excluding tert-OH is 1. The molecule has 0 saturated carbocycles. The quantitative estimate of drug-likeness (QED) is 0.927. The maximum Gasteiger partial charge on any atom is 0.180 e. The van der Waals surface area contributed by atoms with E-state index in [9.17, 15) is 8.42 Å². The molecule has 0 aliphatic heterocycles. The molecule has 0 atom stereocenters. The smallest absolute Gasteiger partial charge is 0.180 e. The number of hydrogen-bond donors (Lipinski definition) is 1. The summed E-state index contributed by atoms with van der Waals surface area (Å²) in [5.74, 6) is -0.292. The van der Waals surface area contributed by atoms with Crippen molar-refractivity contribution in [3.63, 3.8) is 0 Å². The van der Waals surface area contributed by atoms with E-state index in [4.69, 9.17) is 16.7 Å². The van der Waals surface area contributed by atoms with E-state index in [0.29, 0.717) is 9.50 Å². The summed E-state index contributed by atoms with van der Waals surface area (Å²) in [6.45, 7) is -0.396. The van der Waals surface area contributed by atoms with Gasteiger partial charge in [0.05, 0.1) is 17.3 Å². The van der Waals surface area contributed by atoms with Crippen molar-refractivity contribution in [3.05, 3.63) is 27.7 Å². The highest BCUT2D eigenvalue weighted by Gasteiger charge is 2.14. The molecule has 0 fully saturated rings. The van der Waals surface area contributed by atoms with Crippen LogP contribution in [0.5, 0.6) is 0 Å². The Morgan fingerprint density at radius 2 is 2.00 bits per heavy atom. The summed E-state index contributed by atoms with van der Waals surface area (Å²) in [5.41, 5.74) is 0. The fourth-order valence-electron chi connectivity index (χ4n) is 0.946. The first-order valence-corrected chi connectivity index (χ1v) is 6.58. The predicted molar refractivity (Wildman–Crippen MR) is 58.3 cm³/mol. The first kappa shape index (κ1) is 12.0. The van der Waals surface area contributed by atoms with Gasteiger partial charge in [-0.2, -0.15) is 0 Å². The average molecular weight is 300 g/mol. The van der Waals surface area contributed by atoms with Crippen molar-refractivity contribution in [2.75, 3.05) is 12.4 Å². The minimum Gasteiger partial charge on any atom is -0.395 e. The third-order valence-corrected chi connectivity index (χ3v) is 3.91. The summed E-state index contributed by atoms with van der Waals surface area (Å²) in [5, 5.41) is 8.92. The number of benzene rings is 1. The summed E-state index contributed by atoms with van der Waals surface area (Å²) in [7, 11) is -3.42. The van der Waals surface area contributed by atoms with Gasteiger partial charge in [-0.15, -0.1) is 0 Å². The minimum absolute atomic E-state index is 0.117. The number of halogens is 2. The first-order chi connectivity index (χ1) is 6.45. The van der Waals surface area contributed by atoms with E-state index in [0.717, 1.165) is 0 Å². The van der Waals surface area contributed by atoms with E-state index >= 15 is 0 Å². The first-order valence-electron chi connectivity index (χ1n) is 3.75. The van der Waals surface area contributed by atoms with Gasteiger partial charge in [-0.25, -0.2) is 8.42 Å². The van der Waals surface area contributed by atoms with Crippen LogP contribution in [0.4, 0.5) is 0 Å². The van der Waals surface area contributed by atoms with Crippen molar-refractivity contribution in [1.82, 2.24) is 0 Å². The van der Waals surface area contributed by atoms with Gasteiger partial charge < -0.3 is 5.11 Å². The van der Waals surface area contributed by atoms with Crippen LogP contribution >= 0.6 is 27.5 Å². The lowest BCUT2D eigenvalue weighted by Crippen LogP contribution is -2.09. The molecule has 0 radical (unpaired) electrons. The number of rotatable bonds is 3. The van der Waals surface area contributed by atoms with Crippen LogP contribution in [0.25, 0.3) is 0 Å². The number of sulfone groups is 1. The lowest BCUT2D eigenvalue weighted by atomic mass is 10.4. The molecule has 1 aromatic rings. The average Bonchev–Trinajstić information content (AvgIpc) is 2.02. The van der Waals surface area contributed by atoms with Crippen LogP contribution in [-0.4, -0.2) is 25.9 Å². The zero-order valence-corrected chi connectivity index (χ0v) is 10.2. The van der Waals surface area contributed by atoms with Crippen molar-refractivity contribution < 1.29 is 13.5 Å². The summed E-state index contributed by atoms with van der Waals surface area (Å²) >= 11 is 8.84. The normalized spacial score (nSPS) is 11.6. The van der Waals surface area contributed by atoms with Crippen LogP contribution in [0.2, 0.25) is 5.02 Å². The number of aliphatic hydroxyl groups is 1. The molecule has 0 aliphatic carbocycles. The molecule has 1 N–H and O–H groups in total. The molecule has 78 valence electrons. The Hall–Kier alpha value is -0.100. The zero-order valence-electron chi connectivity index (χ0n) is 7.07. The van der Waals surface area contributed by atoms with Crippen molar-refractivity contribution in [2.45, 2.75) is 4.90 Å². The van der Waals surface area contributed by atoms with Gasteiger partial charge in [0.1, 0.15) is 0 Å². The Morgan fingerprint density at radius 1 is 1.36 bits per heavy atom. The highest BCUT2D eigenvalue weighted by Crippen LogP contribution is 2.23. The van der Waals surface area contributed by atoms with Gasteiger partial charge in [0.25, 0.3) is 0 Å². The summed E-state index contributed by atoms with van der Waals surface area (Å²) in [4.78, 5) is 0.117. The molecule has 0 saturated heterocycles. The van der Waals surface area contributed by atoms with E-state index in [-0.39, 0.29) is 10.6 Å². The molecule has 14 heavy (non-hydrogen) atoms. The van der Waals surface area contributed by atoms with Crippen molar-refractivity contribution >= 4 is 37.4 Å².